The van der Waals surface area contributed by atoms with E-state index in [-0.39, 0.29) is 5.41 Å². The molecule has 1 aliphatic carbocycles. The van der Waals surface area contributed by atoms with Crippen molar-refractivity contribution in [3.8, 4) is 22.9 Å². The van der Waals surface area contributed by atoms with Crippen LogP contribution in [0.4, 0.5) is 0 Å². The summed E-state index contributed by atoms with van der Waals surface area (Å²) in [4.78, 5) is 0. The van der Waals surface area contributed by atoms with Gasteiger partial charge in [0.2, 0.25) is 0 Å². The van der Waals surface area contributed by atoms with Crippen LogP contribution in [0.15, 0.2) is 48.5 Å². The van der Waals surface area contributed by atoms with Crippen LogP contribution in [0.3, 0.4) is 0 Å². The van der Waals surface area contributed by atoms with Gasteiger partial charge in [-0.15, -0.1) is 0 Å². The van der Waals surface area contributed by atoms with Crippen molar-refractivity contribution >= 4 is 0 Å². The lowest BCUT2D eigenvalue weighted by Crippen LogP contribution is -2.25. The molecule has 172 valence electrons. The van der Waals surface area contributed by atoms with Crippen molar-refractivity contribution < 1.29 is 4.74 Å². The number of hydrogen-bond donors (Lipinski definition) is 0. The molecule has 0 radical (unpaired) electrons. The third kappa shape index (κ3) is 6.86. The van der Waals surface area contributed by atoms with Gasteiger partial charge in [0.05, 0.1) is 18.1 Å². The molecule has 3 rings (SSSR count). The Bertz CT molecular complexity index is 823. The summed E-state index contributed by atoms with van der Waals surface area (Å²) in [5.74, 6) is 1.56. The second kappa shape index (κ2) is 12.7. The standard InChI is InChI=1S/C30H41NO/c1-3-5-7-8-9-23-32-29-16-14-27(15-17-29)25-10-12-26(13-11-25)28-18-21-30(24-31,22-19-28)20-6-4-2/h10-17,28H,3-9,18-23H2,1-2H3. The van der Waals surface area contributed by atoms with E-state index in [2.05, 4.69) is 68.4 Å². The normalized spacial score (nSPS) is 20.6. The van der Waals surface area contributed by atoms with Gasteiger partial charge in [0.1, 0.15) is 5.75 Å². The van der Waals surface area contributed by atoms with Crippen molar-refractivity contribution in [3.63, 3.8) is 0 Å². The van der Waals surface area contributed by atoms with Gasteiger partial charge in [-0.1, -0.05) is 88.8 Å². The third-order valence-corrected chi connectivity index (χ3v) is 7.28. The molecule has 0 N–H and O–H groups in total. The number of ether oxygens (including phenoxy) is 1. The smallest absolute Gasteiger partial charge is 0.119 e. The summed E-state index contributed by atoms with van der Waals surface area (Å²) in [7, 11) is 0. The summed E-state index contributed by atoms with van der Waals surface area (Å²) in [5.41, 5.74) is 3.86. The first kappa shape index (κ1) is 24.4. The molecule has 0 heterocycles. The molecule has 0 atom stereocenters. The van der Waals surface area contributed by atoms with Gasteiger partial charge in [-0.05, 0) is 73.3 Å². The Labute approximate surface area is 196 Å². The SMILES string of the molecule is CCCCCCCOc1ccc(-c2ccc(C3CCC(C#N)(CCCC)CC3)cc2)cc1. The fraction of sp³-hybridized carbons (Fsp3) is 0.567. The average Bonchev–Trinajstić information content (AvgIpc) is 2.86. The van der Waals surface area contributed by atoms with Crippen molar-refractivity contribution in [3.05, 3.63) is 54.1 Å². The Hall–Kier alpha value is -2.27. The van der Waals surface area contributed by atoms with E-state index in [0.29, 0.717) is 5.92 Å². The molecule has 0 aromatic heterocycles. The maximum Gasteiger partial charge on any atom is 0.119 e. The van der Waals surface area contributed by atoms with Gasteiger partial charge in [-0.2, -0.15) is 5.26 Å². The zero-order valence-electron chi connectivity index (χ0n) is 20.2. The van der Waals surface area contributed by atoms with Crippen LogP contribution in [0.1, 0.15) is 102 Å². The maximum atomic E-state index is 9.74. The molecule has 0 saturated heterocycles. The molecule has 0 amide bonds. The minimum Gasteiger partial charge on any atom is -0.494 e. The van der Waals surface area contributed by atoms with E-state index in [1.54, 1.807) is 0 Å². The lowest BCUT2D eigenvalue weighted by Gasteiger charge is -2.35. The minimum absolute atomic E-state index is 0.0637. The maximum absolute atomic E-state index is 9.74. The summed E-state index contributed by atoms with van der Waals surface area (Å²) in [6.07, 6.45) is 14.1. The van der Waals surface area contributed by atoms with Crippen LogP contribution in [0, 0.1) is 16.7 Å². The quantitative estimate of drug-likeness (QED) is 0.314. The summed E-state index contributed by atoms with van der Waals surface area (Å²) in [5, 5.41) is 9.74. The molecule has 2 heteroatoms. The summed E-state index contributed by atoms with van der Waals surface area (Å²) in [6, 6.07) is 20.3. The van der Waals surface area contributed by atoms with Crippen molar-refractivity contribution in [2.45, 2.75) is 96.8 Å². The van der Waals surface area contributed by atoms with E-state index in [9.17, 15) is 5.26 Å². The fourth-order valence-corrected chi connectivity index (χ4v) is 5.02. The van der Waals surface area contributed by atoms with Crippen LogP contribution < -0.4 is 4.74 Å². The lowest BCUT2D eigenvalue weighted by molar-refractivity contribution is 0.224. The Balaban J connectivity index is 1.50. The van der Waals surface area contributed by atoms with Crippen molar-refractivity contribution in [1.29, 1.82) is 5.26 Å². The topological polar surface area (TPSA) is 33.0 Å². The first-order valence-electron chi connectivity index (χ1n) is 12.9. The summed E-state index contributed by atoms with van der Waals surface area (Å²) in [6.45, 7) is 5.27. The third-order valence-electron chi connectivity index (χ3n) is 7.28. The van der Waals surface area contributed by atoms with Crippen molar-refractivity contribution in [2.24, 2.45) is 5.41 Å². The molecule has 2 aromatic rings. The molecule has 1 saturated carbocycles. The van der Waals surface area contributed by atoms with Gasteiger partial charge in [0.25, 0.3) is 0 Å². The van der Waals surface area contributed by atoms with E-state index >= 15 is 0 Å². The van der Waals surface area contributed by atoms with E-state index in [0.717, 1.165) is 50.9 Å². The second-order valence-electron chi connectivity index (χ2n) is 9.68. The molecular formula is C30H41NO. The highest BCUT2D eigenvalue weighted by Crippen LogP contribution is 2.45. The molecule has 1 aliphatic rings. The Morgan fingerprint density at radius 2 is 1.41 bits per heavy atom. The highest BCUT2D eigenvalue weighted by Gasteiger charge is 2.35. The number of benzene rings is 2. The highest BCUT2D eigenvalue weighted by atomic mass is 16.5. The van der Waals surface area contributed by atoms with Gasteiger partial charge < -0.3 is 4.74 Å². The summed E-state index contributed by atoms with van der Waals surface area (Å²) < 4.78 is 5.90. The van der Waals surface area contributed by atoms with Crippen LogP contribution in [-0.2, 0) is 0 Å². The van der Waals surface area contributed by atoms with Gasteiger partial charge in [0, 0.05) is 0 Å². The van der Waals surface area contributed by atoms with E-state index in [1.807, 2.05) is 0 Å². The van der Waals surface area contributed by atoms with Gasteiger partial charge >= 0.3 is 0 Å². The Morgan fingerprint density at radius 3 is 2.00 bits per heavy atom. The second-order valence-corrected chi connectivity index (χ2v) is 9.68. The summed E-state index contributed by atoms with van der Waals surface area (Å²) >= 11 is 0. The van der Waals surface area contributed by atoms with Gasteiger partial charge in [0.15, 0.2) is 0 Å². The van der Waals surface area contributed by atoms with Crippen molar-refractivity contribution in [1.82, 2.24) is 0 Å². The number of nitriles is 1. The fourth-order valence-electron chi connectivity index (χ4n) is 5.02. The number of rotatable bonds is 12. The zero-order chi connectivity index (χ0) is 22.7. The zero-order valence-corrected chi connectivity index (χ0v) is 20.2. The molecule has 2 aromatic carbocycles. The first-order chi connectivity index (χ1) is 15.7. The molecule has 32 heavy (non-hydrogen) atoms. The number of hydrogen-bond acceptors (Lipinski definition) is 2. The molecule has 0 aliphatic heterocycles. The minimum atomic E-state index is -0.0637. The average molecular weight is 432 g/mol. The number of unbranched alkanes of at least 4 members (excludes halogenated alkanes) is 5. The molecule has 0 spiro atoms. The van der Waals surface area contributed by atoms with Crippen LogP contribution in [0.5, 0.6) is 5.75 Å². The van der Waals surface area contributed by atoms with Crippen LogP contribution >= 0.6 is 0 Å². The van der Waals surface area contributed by atoms with E-state index in [4.69, 9.17) is 4.74 Å². The Morgan fingerprint density at radius 1 is 0.812 bits per heavy atom. The van der Waals surface area contributed by atoms with Crippen LogP contribution in [-0.4, -0.2) is 6.61 Å². The lowest BCUT2D eigenvalue weighted by atomic mass is 9.67. The monoisotopic (exact) mass is 431 g/mol. The van der Waals surface area contributed by atoms with E-state index in [1.165, 1.54) is 55.2 Å². The largest absolute Gasteiger partial charge is 0.494 e. The molecule has 0 unspecified atom stereocenters. The van der Waals surface area contributed by atoms with Crippen LogP contribution in [0.2, 0.25) is 0 Å². The molecule has 2 nitrogen and oxygen atoms in total. The first-order valence-corrected chi connectivity index (χ1v) is 12.9. The van der Waals surface area contributed by atoms with Crippen LogP contribution in [0.25, 0.3) is 11.1 Å². The van der Waals surface area contributed by atoms with Gasteiger partial charge in [-0.3, -0.25) is 0 Å². The highest BCUT2D eigenvalue weighted by molar-refractivity contribution is 5.64. The molecule has 0 bridgehead atoms. The predicted molar refractivity (Wildman–Crippen MR) is 135 cm³/mol. The van der Waals surface area contributed by atoms with Crippen molar-refractivity contribution in [2.75, 3.05) is 6.61 Å². The van der Waals surface area contributed by atoms with Gasteiger partial charge in [-0.25, -0.2) is 0 Å². The molecular weight excluding hydrogens is 390 g/mol. The van der Waals surface area contributed by atoms with E-state index < -0.39 is 0 Å². The Kier molecular flexibility index (Phi) is 9.66. The predicted octanol–water partition coefficient (Wildman–Crippen LogP) is 9.06. The number of nitrogens with zero attached hydrogens (tertiary/aromatic N) is 1. The molecule has 1 fully saturated rings.